The third-order valence-corrected chi connectivity index (χ3v) is 3.50. The molecular weight excluding hydrogens is 190 g/mol. The Hall–Kier alpha value is -0.610. The predicted molar refractivity (Wildman–Crippen MR) is 61.5 cm³/mol. The largest absolute Gasteiger partial charge is 0.354 e. The molecule has 0 saturated heterocycles. The van der Waals surface area contributed by atoms with E-state index in [0.29, 0.717) is 6.54 Å². The van der Waals surface area contributed by atoms with Gasteiger partial charge in [0, 0.05) is 19.6 Å². The number of hydrogen-bond donors (Lipinski definition) is 2. The van der Waals surface area contributed by atoms with Gasteiger partial charge in [0.05, 0.1) is 5.41 Å². The van der Waals surface area contributed by atoms with Crippen molar-refractivity contribution < 1.29 is 4.79 Å². The Labute approximate surface area is 92.2 Å². The van der Waals surface area contributed by atoms with Gasteiger partial charge in [-0.1, -0.05) is 13.3 Å². The Morgan fingerprint density at radius 2 is 2.20 bits per heavy atom. The van der Waals surface area contributed by atoms with Gasteiger partial charge in [0.1, 0.15) is 0 Å². The highest BCUT2D eigenvalue weighted by atomic mass is 16.2. The third-order valence-electron chi connectivity index (χ3n) is 3.50. The third kappa shape index (κ3) is 2.92. The monoisotopic (exact) mass is 213 g/mol. The Kier molecular flexibility index (Phi) is 4.54. The number of rotatable bonds is 6. The summed E-state index contributed by atoms with van der Waals surface area (Å²) in [5, 5.41) is 2.98. The molecule has 0 aromatic heterocycles. The first-order valence-electron chi connectivity index (χ1n) is 5.81. The summed E-state index contributed by atoms with van der Waals surface area (Å²) >= 11 is 0. The normalized spacial score (nSPS) is 18.7. The van der Waals surface area contributed by atoms with Crippen molar-refractivity contribution in [3.63, 3.8) is 0 Å². The summed E-state index contributed by atoms with van der Waals surface area (Å²) in [5.74, 6) is 0.153. The molecule has 1 amide bonds. The SMILES string of the molecule is CCN(C)CCNC(=O)C1(CN)CCC1. The van der Waals surface area contributed by atoms with Gasteiger partial charge in [0.25, 0.3) is 0 Å². The van der Waals surface area contributed by atoms with Crippen molar-refractivity contribution in [1.82, 2.24) is 10.2 Å². The van der Waals surface area contributed by atoms with Crippen molar-refractivity contribution >= 4 is 5.91 Å². The summed E-state index contributed by atoms with van der Waals surface area (Å²) < 4.78 is 0. The minimum atomic E-state index is -0.231. The van der Waals surface area contributed by atoms with E-state index in [1.807, 2.05) is 7.05 Å². The molecule has 0 unspecified atom stereocenters. The molecule has 0 heterocycles. The molecule has 1 aliphatic carbocycles. The fraction of sp³-hybridized carbons (Fsp3) is 0.909. The number of carbonyl (C=O) groups excluding carboxylic acids is 1. The maximum absolute atomic E-state index is 11.8. The van der Waals surface area contributed by atoms with E-state index in [4.69, 9.17) is 5.73 Å². The Balaban J connectivity index is 2.23. The minimum Gasteiger partial charge on any atom is -0.354 e. The molecule has 0 aliphatic heterocycles. The molecule has 0 bridgehead atoms. The molecule has 1 aliphatic rings. The van der Waals surface area contributed by atoms with Crippen LogP contribution in [0.25, 0.3) is 0 Å². The number of nitrogens with two attached hydrogens (primary N) is 1. The van der Waals surface area contributed by atoms with Crippen LogP contribution < -0.4 is 11.1 Å². The topological polar surface area (TPSA) is 58.4 Å². The van der Waals surface area contributed by atoms with Crippen molar-refractivity contribution in [3.05, 3.63) is 0 Å². The van der Waals surface area contributed by atoms with Gasteiger partial charge in [-0.25, -0.2) is 0 Å². The zero-order valence-electron chi connectivity index (χ0n) is 9.88. The molecule has 0 atom stereocenters. The number of carbonyl (C=O) groups is 1. The van der Waals surface area contributed by atoms with Crippen LogP contribution in [0, 0.1) is 5.41 Å². The molecule has 0 spiro atoms. The fourth-order valence-corrected chi connectivity index (χ4v) is 1.83. The quantitative estimate of drug-likeness (QED) is 0.662. The van der Waals surface area contributed by atoms with Gasteiger partial charge in [-0.2, -0.15) is 0 Å². The van der Waals surface area contributed by atoms with Crippen molar-refractivity contribution in [2.75, 3.05) is 33.2 Å². The minimum absolute atomic E-state index is 0.153. The molecule has 0 radical (unpaired) electrons. The first-order valence-corrected chi connectivity index (χ1v) is 5.81. The first kappa shape index (κ1) is 12.5. The Morgan fingerprint density at radius 1 is 1.53 bits per heavy atom. The van der Waals surface area contributed by atoms with Crippen LogP contribution in [0.5, 0.6) is 0 Å². The lowest BCUT2D eigenvalue weighted by molar-refractivity contribution is -0.135. The van der Waals surface area contributed by atoms with Crippen LogP contribution in [0.15, 0.2) is 0 Å². The molecule has 0 aromatic carbocycles. The molecule has 88 valence electrons. The lowest BCUT2D eigenvalue weighted by Gasteiger charge is -2.39. The van der Waals surface area contributed by atoms with E-state index in [2.05, 4.69) is 17.1 Å². The number of amides is 1. The van der Waals surface area contributed by atoms with Crippen LogP contribution >= 0.6 is 0 Å². The highest BCUT2D eigenvalue weighted by Gasteiger charge is 2.42. The second kappa shape index (κ2) is 5.47. The van der Waals surface area contributed by atoms with E-state index in [-0.39, 0.29) is 11.3 Å². The van der Waals surface area contributed by atoms with E-state index in [1.54, 1.807) is 0 Å². The molecule has 15 heavy (non-hydrogen) atoms. The summed E-state index contributed by atoms with van der Waals surface area (Å²) in [6.07, 6.45) is 3.05. The van der Waals surface area contributed by atoms with Gasteiger partial charge < -0.3 is 16.0 Å². The summed E-state index contributed by atoms with van der Waals surface area (Å²) in [6, 6.07) is 0. The zero-order valence-corrected chi connectivity index (χ0v) is 9.88. The van der Waals surface area contributed by atoms with E-state index < -0.39 is 0 Å². The molecule has 1 fully saturated rings. The zero-order chi connectivity index (χ0) is 11.3. The van der Waals surface area contributed by atoms with Crippen molar-refractivity contribution in [1.29, 1.82) is 0 Å². The van der Waals surface area contributed by atoms with E-state index in [9.17, 15) is 4.79 Å². The van der Waals surface area contributed by atoms with E-state index in [0.717, 1.165) is 38.9 Å². The number of nitrogens with one attached hydrogen (secondary N) is 1. The van der Waals surface area contributed by atoms with Gasteiger partial charge >= 0.3 is 0 Å². The average Bonchev–Trinajstić information content (AvgIpc) is 2.16. The first-order chi connectivity index (χ1) is 7.14. The van der Waals surface area contributed by atoms with Gasteiger partial charge in [-0.3, -0.25) is 4.79 Å². The van der Waals surface area contributed by atoms with Crippen molar-refractivity contribution in [3.8, 4) is 0 Å². The molecule has 4 nitrogen and oxygen atoms in total. The maximum Gasteiger partial charge on any atom is 0.227 e. The second-order valence-electron chi connectivity index (χ2n) is 4.49. The highest BCUT2D eigenvalue weighted by Crippen LogP contribution is 2.39. The van der Waals surface area contributed by atoms with Crippen LogP contribution in [0.3, 0.4) is 0 Å². The van der Waals surface area contributed by atoms with Gasteiger partial charge in [0.2, 0.25) is 5.91 Å². The highest BCUT2D eigenvalue weighted by molar-refractivity contribution is 5.83. The number of nitrogens with zero attached hydrogens (tertiary/aromatic N) is 1. The molecule has 0 aromatic rings. The summed E-state index contributed by atoms with van der Waals surface area (Å²) in [5.41, 5.74) is 5.42. The predicted octanol–water partition coefficient (Wildman–Crippen LogP) is 0.183. The fourth-order valence-electron chi connectivity index (χ4n) is 1.83. The van der Waals surface area contributed by atoms with Crippen LogP contribution in [0.4, 0.5) is 0 Å². The second-order valence-corrected chi connectivity index (χ2v) is 4.49. The van der Waals surface area contributed by atoms with Crippen LogP contribution in [-0.2, 0) is 4.79 Å². The van der Waals surface area contributed by atoms with Crippen molar-refractivity contribution in [2.45, 2.75) is 26.2 Å². The van der Waals surface area contributed by atoms with Gasteiger partial charge in [-0.05, 0) is 26.4 Å². The lowest BCUT2D eigenvalue weighted by atomic mass is 9.68. The maximum atomic E-state index is 11.8. The van der Waals surface area contributed by atoms with Crippen LogP contribution in [-0.4, -0.2) is 44.0 Å². The summed E-state index contributed by atoms with van der Waals surface area (Å²) in [6.45, 7) is 5.24. The Bertz CT molecular complexity index is 208. The van der Waals surface area contributed by atoms with Crippen LogP contribution in [0.1, 0.15) is 26.2 Å². The van der Waals surface area contributed by atoms with Gasteiger partial charge in [0.15, 0.2) is 0 Å². The standard InChI is InChI=1S/C11H23N3O/c1-3-14(2)8-7-13-10(15)11(9-12)5-4-6-11/h3-9,12H2,1-2H3,(H,13,15). The van der Waals surface area contributed by atoms with Crippen LogP contribution in [0.2, 0.25) is 0 Å². The summed E-state index contributed by atoms with van der Waals surface area (Å²) in [7, 11) is 2.05. The molecule has 3 N–H and O–H groups in total. The average molecular weight is 213 g/mol. The Morgan fingerprint density at radius 3 is 2.60 bits per heavy atom. The molecule has 1 saturated carbocycles. The number of hydrogen-bond acceptors (Lipinski definition) is 3. The molecule has 4 heteroatoms. The van der Waals surface area contributed by atoms with Crippen molar-refractivity contribution in [2.24, 2.45) is 11.1 Å². The van der Waals surface area contributed by atoms with E-state index in [1.165, 1.54) is 0 Å². The summed E-state index contributed by atoms with van der Waals surface area (Å²) in [4.78, 5) is 14.0. The molecule has 1 rings (SSSR count). The van der Waals surface area contributed by atoms with E-state index >= 15 is 0 Å². The number of likely N-dealkylation sites (N-methyl/N-ethyl adjacent to an activating group) is 1. The lowest BCUT2D eigenvalue weighted by Crippen LogP contribution is -2.51. The smallest absolute Gasteiger partial charge is 0.227 e. The molecular formula is C11H23N3O. The van der Waals surface area contributed by atoms with Gasteiger partial charge in [-0.15, -0.1) is 0 Å².